The van der Waals surface area contributed by atoms with Gasteiger partial charge in [0.15, 0.2) is 0 Å². The number of rotatable bonds is 4. The van der Waals surface area contributed by atoms with Crippen LogP contribution in [0.2, 0.25) is 0 Å². The van der Waals surface area contributed by atoms with Crippen LogP contribution in [-0.2, 0) is 0 Å². The molecule has 0 aromatic carbocycles. The topological polar surface area (TPSA) is 39.1 Å². The van der Waals surface area contributed by atoms with E-state index in [0.717, 1.165) is 6.54 Å². The van der Waals surface area contributed by atoms with Gasteiger partial charge in [-0.05, 0) is 39.8 Å². The van der Waals surface area contributed by atoms with E-state index >= 15 is 0 Å². The second-order valence-corrected chi connectivity index (χ2v) is 4.20. The number of nitriles is 1. The van der Waals surface area contributed by atoms with Crippen LogP contribution < -0.4 is 5.32 Å². The molecular weight excluding hydrogens is 174 g/mol. The van der Waals surface area contributed by atoms with Crippen LogP contribution in [0.5, 0.6) is 0 Å². The average molecular weight is 195 g/mol. The van der Waals surface area contributed by atoms with Crippen molar-refractivity contribution in [3.8, 4) is 6.07 Å². The lowest BCUT2D eigenvalue weighted by atomic mass is 10.1. The minimum atomic E-state index is -0.0257. The van der Waals surface area contributed by atoms with Gasteiger partial charge in [0.05, 0.1) is 12.1 Å². The number of nitrogens with one attached hydrogen (secondary N) is 1. The summed E-state index contributed by atoms with van der Waals surface area (Å²) >= 11 is 0. The van der Waals surface area contributed by atoms with Gasteiger partial charge >= 0.3 is 0 Å². The highest BCUT2D eigenvalue weighted by atomic mass is 15.2. The van der Waals surface area contributed by atoms with E-state index < -0.39 is 0 Å². The summed E-state index contributed by atoms with van der Waals surface area (Å²) in [6, 6.07) is 2.73. The van der Waals surface area contributed by atoms with E-state index in [1.165, 1.54) is 32.4 Å². The molecule has 1 aliphatic rings. The van der Waals surface area contributed by atoms with Crippen molar-refractivity contribution in [2.24, 2.45) is 0 Å². The van der Waals surface area contributed by atoms with Gasteiger partial charge in [-0.15, -0.1) is 0 Å². The molecule has 80 valence electrons. The molecule has 0 bridgehead atoms. The summed E-state index contributed by atoms with van der Waals surface area (Å²) in [5.74, 6) is 0. The zero-order valence-corrected chi connectivity index (χ0v) is 9.29. The zero-order valence-electron chi connectivity index (χ0n) is 9.29. The van der Waals surface area contributed by atoms with E-state index in [-0.39, 0.29) is 6.04 Å². The van der Waals surface area contributed by atoms with Gasteiger partial charge in [0.25, 0.3) is 0 Å². The van der Waals surface area contributed by atoms with Gasteiger partial charge in [0.1, 0.15) is 0 Å². The fourth-order valence-electron chi connectivity index (χ4n) is 1.88. The van der Waals surface area contributed by atoms with E-state index in [9.17, 15) is 0 Å². The first kappa shape index (κ1) is 11.5. The van der Waals surface area contributed by atoms with Crippen molar-refractivity contribution in [2.45, 2.75) is 45.2 Å². The Hall–Kier alpha value is -0.590. The fourth-order valence-corrected chi connectivity index (χ4v) is 1.88. The van der Waals surface area contributed by atoms with Gasteiger partial charge < -0.3 is 5.32 Å². The molecule has 0 aliphatic carbocycles. The van der Waals surface area contributed by atoms with Crippen molar-refractivity contribution in [2.75, 3.05) is 19.6 Å². The number of nitrogens with zero attached hydrogens (tertiary/aromatic N) is 2. The molecule has 0 spiro atoms. The third-order valence-electron chi connectivity index (χ3n) is 2.93. The summed E-state index contributed by atoms with van der Waals surface area (Å²) in [7, 11) is 0. The molecule has 2 unspecified atom stereocenters. The summed E-state index contributed by atoms with van der Waals surface area (Å²) in [4.78, 5) is 2.51. The monoisotopic (exact) mass is 195 g/mol. The van der Waals surface area contributed by atoms with Gasteiger partial charge in [-0.2, -0.15) is 5.26 Å². The van der Waals surface area contributed by atoms with Crippen molar-refractivity contribution in [1.82, 2.24) is 10.2 Å². The summed E-state index contributed by atoms with van der Waals surface area (Å²) in [5.41, 5.74) is 0. The molecule has 3 heteroatoms. The van der Waals surface area contributed by atoms with E-state index in [1.54, 1.807) is 0 Å². The van der Waals surface area contributed by atoms with Crippen molar-refractivity contribution in [3.63, 3.8) is 0 Å². The fraction of sp³-hybridized carbons (Fsp3) is 0.909. The van der Waals surface area contributed by atoms with Crippen molar-refractivity contribution in [1.29, 1.82) is 5.26 Å². The molecule has 3 nitrogen and oxygen atoms in total. The standard InChI is InChI=1S/C11H21N3/c1-10(8-12)13-9-11(2)14-6-4-3-5-7-14/h10-11,13H,3-7,9H2,1-2H3. The lowest BCUT2D eigenvalue weighted by molar-refractivity contribution is 0.170. The van der Waals surface area contributed by atoms with Crippen LogP contribution in [-0.4, -0.2) is 36.6 Å². The molecule has 1 N–H and O–H groups in total. The van der Waals surface area contributed by atoms with Gasteiger partial charge in [0, 0.05) is 12.6 Å². The van der Waals surface area contributed by atoms with Gasteiger partial charge in [-0.25, -0.2) is 0 Å². The predicted octanol–water partition coefficient (Wildman–Crippen LogP) is 1.36. The quantitative estimate of drug-likeness (QED) is 0.736. The van der Waals surface area contributed by atoms with Gasteiger partial charge in [-0.1, -0.05) is 6.42 Å². The lowest BCUT2D eigenvalue weighted by Crippen LogP contribution is -2.44. The molecule has 0 radical (unpaired) electrons. The van der Waals surface area contributed by atoms with Crippen molar-refractivity contribution in [3.05, 3.63) is 0 Å². The van der Waals surface area contributed by atoms with Crippen LogP contribution >= 0.6 is 0 Å². The molecule has 1 aliphatic heterocycles. The highest BCUT2D eigenvalue weighted by molar-refractivity contribution is 4.86. The second kappa shape index (κ2) is 6.00. The summed E-state index contributed by atoms with van der Waals surface area (Å²) in [5, 5.41) is 11.9. The summed E-state index contributed by atoms with van der Waals surface area (Å²) in [6.45, 7) is 7.52. The third-order valence-corrected chi connectivity index (χ3v) is 2.93. The summed E-state index contributed by atoms with van der Waals surface area (Å²) < 4.78 is 0. The van der Waals surface area contributed by atoms with Crippen LogP contribution in [0.4, 0.5) is 0 Å². The van der Waals surface area contributed by atoms with Crippen LogP contribution in [0.1, 0.15) is 33.1 Å². The Bertz CT molecular complexity index is 191. The first-order valence-electron chi connectivity index (χ1n) is 5.61. The molecule has 1 rings (SSSR count). The van der Waals surface area contributed by atoms with E-state index in [1.807, 2.05) is 6.92 Å². The molecule has 1 saturated heterocycles. The highest BCUT2D eigenvalue weighted by Gasteiger charge is 2.16. The minimum Gasteiger partial charge on any atom is -0.301 e. The number of hydrogen-bond acceptors (Lipinski definition) is 3. The van der Waals surface area contributed by atoms with E-state index in [4.69, 9.17) is 5.26 Å². The first-order chi connectivity index (χ1) is 6.74. The van der Waals surface area contributed by atoms with Gasteiger partial charge in [0.2, 0.25) is 0 Å². The predicted molar refractivity (Wildman–Crippen MR) is 58.0 cm³/mol. The van der Waals surface area contributed by atoms with E-state index in [2.05, 4.69) is 23.2 Å². The normalized spacial score (nSPS) is 22.6. The number of hydrogen-bond donors (Lipinski definition) is 1. The molecule has 14 heavy (non-hydrogen) atoms. The Balaban J connectivity index is 2.20. The molecule has 0 saturated carbocycles. The maximum atomic E-state index is 8.63. The smallest absolute Gasteiger partial charge is 0.0924 e. The molecule has 0 aromatic rings. The Morgan fingerprint density at radius 3 is 2.50 bits per heavy atom. The molecule has 1 heterocycles. The first-order valence-corrected chi connectivity index (χ1v) is 5.61. The molecule has 1 fully saturated rings. The van der Waals surface area contributed by atoms with Crippen molar-refractivity contribution >= 4 is 0 Å². The number of piperidine rings is 1. The van der Waals surface area contributed by atoms with Crippen LogP contribution in [0, 0.1) is 11.3 Å². The zero-order chi connectivity index (χ0) is 10.4. The van der Waals surface area contributed by atoms with Crippen LogP contribution in [0.3, 0.4) is 0 Å². The minimum absolute atomic E-state index is 0.0257. The lowest BCUT2D eigenvalue weighted by Gasteiger charge is -2.32. The molecular formula is C11H21N3. The largest absolute Gasteiger partial charge is 0.301 e. The maximum absolute atomic E-state index is 8.63. The SMILES string of the molecule is CC(C#N)NCC(C)N1CCCCC1. The van der Waals surface area contributed by atoms with Gasteiger partial charge in [-0.3, -0.25) is 4.90 Å². The maximum Gasteiger partial charge on any atom is 0.0924 e. The molecule has 0 amide bonds. The Labute approximate surface area is 87.1 Å². The second-order valence-electron chi connectivity index (χ2n) is 4.20. The summed E-state index contributed by atoms with van der Waals surface area (Å²) in [6.07, 6.45) is 4.04. The Morgan fingerprint density at radius 2 is 1.93 bits per heavy atom. The molecule has 2 atom stereocenters. The van der Waals surface area contributed by atoms with Crippen molar-refractivity contribution < 1.29 is 0 Å². The Morgan fingerprint density at radius 1 is 1.29 bits per heavy atom. The van der Waals surface area contributed by atoms with Crippen LogP contribution in [0.15, 0.2) is 0 Å². The van der Waals surface area contributed by atoms with E-state index in [0.29, 0.717) is 6.04 Å². The average Bonchev–Trinajstić information content (AvgIpc) is 2.26. The van der Waals surface area contributed by atoms with Crippen LogP contribution in [0.25, 0.3) is 0 Å². The molecule has 0 aromatic heterocycles. The highest BCUT2D eigenvalue weighted by Crippen LogP contribution is 2.11. The number of likely N-dealkylation sites (tertiary alicyclic amines) is 1. The third kappa shape index (κ3) is 3.65. The Kier molecular flexibility index (Phi) is 4.92.